The van der Waals surface area contributed by atoms with Crippen LogP contribution in [0.3, 0.4) is 0 Å². The summed E-state index contributed by atoms with van der Waals surface area (Å²) in [5, 5.41) is 0. The van der Waals surface area contributed by atoms with Crippen LogP contribution >= 0.6 is 15.9 Å². The van der Waals surface area contributed by atoms with Crippen LogP contribution in [0.2, 0.25) is 0 Å². The Morgan fingerprint density at radius 2 is 1.84 bits per heavy atom. The van der Waals surface area contributed by atoms with Gasteiger partial charge in [-0.25, -0.2) is 0 Å². The van der Waals surface area contributed by atoms with E-state index in [4.69, 9.17) is 0 Å². The molecule has 2 aromatic carbocycles. The molecule has 3 heteroatoms. The molecule has 19 heavy (non-hydrogen) atoms. The highest BCUT2D eigenvalue weighted by Gasteiger charge is 2.12. The van der Waals surface area contributed by atoms with Crippen LogP contribution in [-0.4, -0.2) is 17.9 Å². The molecule has 0 aliphatic rings. The molecule has 0 N–H and O–H groups in total. The zero-order valence-corrected chi connectivity index (χ0v) is 12.6. The standard InChI is InChI=1S/C16H16BrNO/c1-12-8-14(10-15(17)9-12)16(19)18(2)11-13-6-4-3-5-7-13/h3-10H,11H2,1-2H3. The molecule has 0 fully saturated rings. The van der Waals surface area contributed by atoms with Gasteiger partial charge in [0.2, 0.25) is 0 Å². The third-order valence-electron chi connectivity index (χ3n) is 2.90. The van der Waals surface area contributed by atoms with E-state index in [2.05, 4.69) is 15.9 Å². The Kier molecular flexibility index (Phi) is 4.38. The number of rotatable bonds is 3. The number of hydrogen-bond acceptors (Lipinski definition) is 1. The maximum atomic E-state index is 12.4. The first-order valence-electron chi connectivity index (χ1n) is 6.13. The molecule has 0 bridgehead atoms. The molecule has 98 valence electrons. The predicted octanol–water partition coefficient (Wildman–Crippen LogP) is 4.03. The van der Waals surface area contributed by atoms with Gasteiger partial charge in [0, 0.05) is 23.6 Å². The number of aryl methyl sites for hydroxylation is 1. The van der Waals surface area contributed by atoms with E-state index in [0.29, 0.717) is 12.1 Å². The number of hydrogen-bond donors (Lipinski definition) is 0. The highest BCUT2D eigenvalue weighted by molar-refractivity contribution is 9.10. The van der Waals surface area contributed by atoms with Gasteiger partial charge >= 0.3 is 0 Å². The van der Waals surface area contributed by atoms with Crippen molar-refractivity contribution < 1.29 is 4.79 Å². The Labute approximate surface area is 122 Å². The van der Waals surface area contributed by atoms with Crippen molar-refractivity contribution in [2.45, 2.75) is 13.5 Å². The topological polar surface area (TPSA) is 20.3 Å². The molecule has 0 aliphatic heterocycles. The van der Waals surface area contributed by atoms with Crippen LogP contribution in [0.1, 0.15) is 21.5 Å². The predicted molar refractivity (Wildman–Crippen MR) is 81.1 cm³/mol. The number of amides is 1. The second-order valence-corrected chi connectivity index (χ2v) is 5.58. The van der Waals surface area contributed by atoms with E-state index >= 15 is 0 Å². The highest BCUT2D eigenvalue weighted by Crippen LogP contribution is 2.17. The molecule has 2 aromatic rings. The van der Waals surface area contributed by atoms with Gasteiger partial charge < -0.3 is 4.90 Å². The zero-order valence-electron chi connectivity index (χ0n) is 11.1. The Morgan fingerprint density at radius 1 is 1.16 bits per heavy atom. The molecule has 0 aromatic heterocycles. The van der Waals surface area contributed by atoms with Crippen molar-refractivity contribution in [3.8, 4) is 0 Å². The summed E-state index contributed by atoms with van der Waals surface area (Å²) in [6.45, 7) is 2.60. The van der Waals surface area contributed by atoms with Crippen LogP contribution in [0.15, 0.2) is 53.0 Å². The van der Waals surface area contributed by atoms with Gasteiger partial charge in [0.1, 0.15) is 0 Å². The largest absolute Gasteiger partial charge is 0.337 e. The van der Waals surface area contributed by atoms with Gasteiger partial charge in [0.05, 0.1) is 0 Å². The molecule has 0 saturated heterocycles. The minimum Gasteiger partial charge on any atom is -0.337 e. The molecule has 0 unspecified atom stereocenters. The van der Waals surface area contributed by atoms with Gasteiger partial charge in [-0.1, -0.05) is 46.3 Å². The van der Waals surface area contributed by atoms with Crippen molar-refractivity contribution in [3.05, 3.63) is 69.7 Å². The van der Waals surface area contributed by atoms with E-state index in [1.807, 2.05) is 62.5 Å². The lowest BCUT2D eigenvalue weighted by atomic mass is 10.1. The first kappa shape index (κ1) is 13.8. The summed E-state index contributed by atoms with van der Waals surface area (Å²) < 4.78 is 0.934. The third kappa shape index (κ3) is 3.67. The summed E-state index contributed by atoms with van der Waals surface area (Å²) in [6, 6.07) is 15.8. The normalized spacial score (nSPS) is 10.3. The second kappa shape index (κ2) is 6.02. The van der Waals surface area contributed by atoms with E-state index < -0.39 is 0 Å². The minimum atomic E-state index is 0.0354. The average Bonchev–Trinajstić information content (AvgIpc) is 2.37. The van der Waals surface area contributed by atoms with Crippen LogP contribution in [0, 0.1) is 6.92 Å². The average molecular weight is 318 g/mol. The molecule has 0 spiro atoms. The van der Waals surface area contributed by atoms with Gasteiger partial charge in [-0.2, -0.15) is 0 Å². The maximum absolute atomic E-state index is 12.4. The lowest BCUT2D eigenvalue weighted by Crippen LogP contribution is -2.26. The molecular weight excluding hydrogens is 302 g/mol. The number of carbonyl (C=O) groups excluding carboxylic acids is 1. The number of halogens is 1. The molecule has 0 saturated carbocycles. The van der Waals surface area contributed by atoms with E-state index in [9.17, 15) is 4.79 Å². The Bertz CT molecular complexity index is 560. The molecule has 2 rings (SSSR count). The summed E-state index contributed by atoms with van der Waals surface area (Å²) in [4.78, 5) is 14.1. The lowest BCUT2D eigenvalue weighted by Gasteiger charge is -2.17. The van der Waals surface area contributed by atoms with Crippen LogP contribution in [0.4, 0.5) is 0 Å². The zero-order chi connectivity index (χ0) is 13.8. The summed E-state index contributed by atoms with van der Waals surface area (Å²) in [5.74, 6) is 0.0354. The molecule has 0 radical (unpaired) electrons. The SMILES string of the molecule is Cc1cc(Br)cc(C(=O)N(C)Cc2ccccc2)c1. The molecule has 2 nitrogen and oxygen atoms in total. The smallest absolute Gasteiger partial charge is 0.253 e. The van der Waals surface area contributed by atoms with Crippen LogP contribution in [-0.2, 0) is 6.54 Å². The lowest BCUT2D eigenvalue weighted by molar-refractivity contribution is 0.0785. The monoisotopic (exact) mass is 317 g/mol. The quantitative estimate of drug-likeness (QED) is 0.837. The first-order valence-corrected chi connectivity index (χ1v) is 6.92. The van der Waals surface area contributed by atoms with Crippen molar-refractivity contribution in [1.29, 1.82) is 0 Å². The van der Waals surface area contributed by atoms with Gasteiger partial charge in [-0.15, -0.1) is 0 Å². The van der Waals surface area contributed by atoms with Gasteiger partial charge in [0.25, 0.3) is 5.91 Å². The first-order chi connectivity index (χ1) is 9.06. The summed E-state index contributed by atoms with van der Waals surface area (Å²) in [6.07, 6.45) is 0. The van der Waals surface area contributed by atoms with Gasteiger partial charge in [-0.05, 0) is 36.2 Å². The van der Waals surface area contributed by atoms with E-state index in [-0.39, 0.29) is 5.91 Å². The minimum absolute atomic E-state index is 0.0354. The van der Waals surface area contributed by atoms with Crippen LogP contribution in [0.25, 0.3) is 0 Å². The van der Waals surface area contributed by atoms with Crippen molar-refractivity contribution in [1.82, 2.24) is 4.90 Å². The third-order valence-corrected chi connectivity index (χ3v) is 3.36. The van der Waals surface area contributed by atoms with Gasteiger partial charge in [-0.3, -0.25) is 4.79 Å². The fourth-order valence-corrected chi connectivity index (χ4v) is 2.62. The summed E-state index contributed by atoms with van der Waals surface area (Å²) in [7, 11) is 1.82. The van der Waals surface area contributed by atoms with Crippen molar-refractivity contribution in [2.75, 3.05) is 7.05 Å². The summed E-state index contributed by atoms with van der Waals surface area (Å²) >= 11 is 3.43. The van der Waals surface area contributed by atoms with Gasteiger partial charge in [0.15, 0.2) is 0 Å². The second-order valence-electron chi connectivity index (χ2n) is 4.66. The highest BCUT2D eigenvalue weighted by atomic mass is 79.9. The molecule has 0 aliphatic carbocycles. The fourth-order valence-electron chi connectivity index (χ4n) is 2.01. The van der Waals surface area contributed by atoms with Crippen molar-refractivity contribution in [3.63, 3.8) is 0 Å². The number of carbonyl (C=O) groups is 1. The van der Waals surface area contributed by atoms with Crippen LogP contribution in [0.5, 0.6) is 0 Å². The summed E-state index contributed by atoms with van der Waals surface area (Å²) in [5.41, 5.74) is 2.92. The van der Waals surface area contributed by atoms with Crippen molar-refractivity contribution >= 4 is 21.8 Å². The molecule has 1 amide bonds. The molecule has 0 atom stereocenters. The Morgan fingerprint density at radius 3 is 2.47 bits per heavy atom. The Balaban J connectivity index is 2.15. The fraction of sp³-hybridized carbons (Fsp3) is 0.188. The number of benzene rings is 2. The Hall–Kier alpha value is -1.61. The van der Waals surface area contributed by atoms with E-state index in [1.54, 1.807) is 4.90 Å². The molecular formula is C16H16BrNO. The van der Waals surface area contributed by atoms with Crippen molar-refractivity contribution in [2.24, 2.45) is 0 Å². The van der Waals surface area contributed by atoms with Crippen LogP contribution < -0.4 is 0 Å². The van der Waals surface area contributed by atoms with E-state index in [0.717, 1.165) is 15.6 Å². The molecule has 0 heterocycles. The number of nitrogens with zero attached hydrogens (tertiary/aromatic N) is 1. The van der Waals surface area contributed by atoms with E-state index in [1.165, 1.54) is 0 Å². The maximum Gasteiger partial charge on any atom is 0.253 e.